The summed E-state index contributed by atoms with van der Waals surface area (Å²) in [4.78, 5) is 58.1. The van der Waals surface area contributed by atoms with Crippen LogP contribution in [0.2, 0.25) is 0 Å². The van der Waals surface area contributed by atoms with Gasteiger partial charge < -0.3 is 29.7 Å². The zero-order valence-corrected chi connectivity index (χ0v) is 29.3. The zero-order chi connectivity index (χ0) is 34.7. The minimum absolute atomic E-state index is 0.0291. The number of carbonyl (C=O) groups excluding carboxylic acids is 4. The fourth-order valence-corrected chi connectivity index (χ4v) is 8.40. The van der Waals surface area contributed by atoms with Gasteiger partial charge in [-0.1, -0.05) is 59.3 Å². The Balaban J connectivity index is 1.47. The lowest BCUT2D eigenvalue weighted by Gasteiger charge is -2.39. The van der Waals surface area contributed by atoms with E-state index >= 15 is 0 Å². The predicted molar refractivity (Wildman–Crippen MR) is 180 cm³/mol. The summed E-state index contributed by atoms with van der Waals surface area (Å²) in [6.07, 6.45) is 3.39. The number of fused-ring (bicyclic) bond motifs is 2. The lowest BCUT2D eigenvalue weighted by molar-refractivity contribution is -0.160. The molecule has 1 unspecified atom stereocenters. The Hall–Kier alpha value is -3.62. The molecule has 3 aliphatic rings. The van der Waals surface area contributed by atoms with Crippen LogP contribution in [0.4, 0.5) is 0 Å². The van der Waals surface area contributed by atoms with Crippen molar-refractivity contribution in [2.24, 2.45) is 17.8 Å². The smallest absolute Gasteiger partial charge is 0.312 e. The summed E-state index contributed by atoms with van der Waals surface area (Å²) in [5.74, 6) is -3.56. The summed E-state index contributed by atoms with van der Waals surface area (Å²) < 4.78 is 14.1. The summed E-state index contributed by atoms with van der Waals surface area (Å²) in [5.41, 5.74) is 0.0479. The number of likely N-dealkylation sites (tertiary alicyclic amines) is 1. The molecule has 0 aliphatic carbocycles. The van der Waals surface area contributed by atoms with Crippen LogP contribution in [-0.4, -0.2) is 108 Å². The highest BCUT2D eigenvalue weighted by molar-refractivity contribution is 9.09. The van der Waals surface area contributed by atoms with Crippen LogP contribution in [0.1, 0.15) is 46.5 Å². The van der Waals surface area contributed by atoms with Crippen molar-refractivity contribution in [2.45, 2.75) is 87.8 Å². The van der Waals surface area contributed by atoms with E-state index < -0.39 is 59.5 Å². The third-order valence-electron chi connectivity index (χ3n) is 9.45. The second-order valence-electron chi connectivity index (χ2n) is 13.3. The number of aromatic nitrogens is 3. The fourth-order valence-electron chi connectivity index (χ4n) is 7.46. The summed E-state index contributed by atoms with van der Waals surface area (Å²) in [6, 6.07) is 5.57. The van der Waals surface area contributed by atoms with Gasteiger partial charge in [0.2, 0.25) is 17.7 Å². The molecule has 0 saturated carbocycles. The van der Waals surface area contributed by atoms with Crippen LogP contribution in [0.25, 0.3) is 11.0 Å². The number of para-hydroxylation sites is 1. The van der Waals surface area contributed by atoms with Gasteiger partial charge in [-0.25, -0.2) is 4.68 Å². The first-order chi connectivity index (χ1) is 23.0. The Morgan fingerprint density at radius 3 is 2.69 bits per heavy atom. The first-order valence-corrected chi connectivity index (χ1v) is 17.4. The molecular formula is C34H45BrN6O7. The fraction of sp³-hybridized carbons (Fsp3) is 0.588. The molecule has 1 spiro atoms. The highest BCUT2D eigenvalue weighted by atomic mass is 79.9. The van der Waals surface area contributed by atoms with Gasteiger partial charge in [0.25, 0.3) is 0 Å². The normalized spacial score (nSPS) is 27.2. The van der Waals surface area contributed by atoms with Crippen LogP contribution in [-0.2, 0) is 35.3 Å². The summed E-state index contributed by atoms with van der Waals surface area (Å²) in [5, 5.41) is 21.9. The van der Waals surface area contributed by atoms with Crippen LogP contribution < -0.4 is 5.32 Å². The highest BCUT2D eigenvalue weighted by Gasteiger charge is 2.77. The van der Waals surface area contributed by atoms with Gasteiger partial charge in [0.1, 0.15) is 29.9 Å². The zero-order valence-electron chi connectivity index (χ0n) is 27.7. The Morgan fingerprint density at radius 2 is 2.00 bits per heavy atom. The molecule has 3 amide bonds. The number of alkyl halides is 1. The van der Waals surface area contributed by atoms with Gasteiger partial charge in [-0.2, -0.15) is 0 Å². The number of nitrogens with zero attached hydrogens (tertiary/aromatic N) is 5. The van der Waals surface area contributed by atoms with E-state index in [-0.39, 0.29) is 49.4 Å². The molecule has 1 aromatic heterocycles. The van der Waals surface area contributed by atoms with Crippen molar-refractivity contribution < 1.29 is 33.8 Å². The van der Waals surface area contributed by atoms with Crippen LogP contribution in [0.5, 0.6) is 0 Å². The van der Waals surface area contributed by atoms with Gasteiger partial charge in [0.05, 0.1) is 42.6 Å². The number of amides is 3. The lowest BCUT2D eigenvalue weighted by Crippen LogP contribution is -2.59. The number of ether oxygens (including phenoxy) is 2. The number of carbonyl (C=O) groups is 4. The number of hydrogen-bond acceptors (Lipinski definition) is 9. The Labute approximate surface area is 288 Å². The van der Waals surface area contributed by atoms with Crippen LogP contribution in [0.15, 0.2) is 49.6 Å². The molecule has 3 aliphatic heterocycles. The van der Waals surface area contributed by atoms with Crippen molar-refractivity contribution in [1.82, 2.24) is 30.1 Å². The van der Waals surface area contributed by atoms with Crippen molar-refractivity contribution in [3.8, 4) is 0 Å². The average molecular weight is 730 g/mol. The molecule has 48 heavy (non-hydrogen) atoms. The molecule has 8 atom stereocenters. The third-order valence-corrected chi connectivity index (χ3v) is 10.3. The van der Waals surface area contributed by atoms with Gasteiger partial charge in [-0.3, -0.25) is 19.2 Å². The number of halogens is 1. The van der Waals surface area contributed by atoms with Crippen LogP contribution in [0.3, 0.4) is 0 Å². The molecule has 2 aromatic rings. The summed E-state index contributed by atoms with van der Waals surface area (Å²) >= 11 is 3.69. The van der Waals surface area contributed by atoms with Crippen molar-refractivity contribution in [3.05, 3.63) is 49.6 Å². The monoisotopic (exact) mass is 728 g/mol. The minimum Gasteiger partial charge on any atom is -0.460 e. The first-order valence-electron chi connectivity index (χ1n) is 16.5. The molecule has 2 N–H and O–H groups in total. The molecule has 13 nitrogen and oxygen atoms in total. The van der Waals surface area contributed by atoms with E-state index in [4.69, 9.17) is 9.47 Å². The van der Waals surface area contributed by atoms with Gasteiger partial charge in [0, 0.05) is 17.8 Å². The topological polar surface area (TPSA) is 156 Å². The summed E-state index contributed by atoms with van der Waals surface area (Å²) in [7, 11) is 0. The summed E-state index contributed by atoms with van der Waals surface area (Å²) in [6.45, 7) is 13.0. The maximum Gasteiger partial charge on any atom is 0.312 e. The Morgan fingerprint density at radius 1 is 1.25 bits per heavy atom. The molecule has 4 heterocycles. The number of hydrogen-bond donors (Lipinski definition) is 2. The number of rotatable bonds is 16. The number of aliphatic hydroxyl groups excluding tert-OH is 1. The van der Waals surface area contributed by atoms with Crippen molar-refractivity contribution in [3.63, 3.8) is 0 Å². The molecule has 260 valence electrons. The molecule has 3 fully saturated rings. The molecule has 1 aromatic carbocycles. The van der Waals surface area contributed by atoms with Crippen LogP contribution >= 0.6 is 15.9 Å². The Bertz CT molecular complexity index is 1550. The van der Waals surface area contributed by atoms with E-state index in [0.717, 1.165) is 5.52 Å². The third kappa shape index (κ3) is 6.66. The second kappa shape index (κ2) is 14.9. The molecule has 3 saturated heterocycles. The number of nitrogens with one attached hydrogen (secondary N) is 1. The SMILES string of the molecule is C=CCCC(=O)NC[C@H](C)OC(=O)[C@@H]1[C@H]2O[C@@]3(CC2Br)[C@H](C(=O)N(CC=C)Cn2nnc4ccccc42)N([C@@H](CO)CC(C)C)C(=O)[C@@H]13. The molecule has 0 radical (unpaired) electrons. The molecule has 5 rings (SSSR count). The van der Waals surface area contributed by atoms with Crippen LogP contribution in [0, 0.1) is 17.8 Å². The minimum atomic E-state index is -1.35. The van der Waals surface area contributed by atoms with Gasteiger partial charge in [-0.05, 0) is 44.2 Å². The van der Waals surface area contributed by atoms with E-state index in [1.165, 1.54) is 4.90 Å². The van der Waals surface area contributed by atoms with E-state index in [9.17, 15) is 24.3 Å². The lowest BCUT2D eigenvalue weighted by atomic mass is 9.70. The first kappa shape index (κ1) is 35.7. The standard InChI is InChI=1S/C34H45BrN6O7/c1-6-8-13-26(43)36-17-21(5)47-33(46)27-28-31(44)41(22(18-42)15-20(3)4)30(34(28)16-23(35)29(27)48-34)32(45)39(14-7-2)19-40-25-12-10-9-11-24(25)37-38-40/h6-7,9-12,20-23,27-30,42H,1-2,8,13-19H2,3-5H3,(H,36,43)/t21-,22+,23?,27-,28+,29-,30-,34+/m0/s1. The molecule has 14 heteroatoms. The number of esters is 1. The van der Waals surface area contributed by atoms with Crippen molar-refractivity contribution in [2.75, 3.05) is 19.7 Å². The maximum atomic E-state index is 14.9. The largest absolute Gasteiger partial charge is 0.460 e. The number of aliphatic hydroxyl groups is 1. The number of allylic oxidation sites excluding steroid dienone is 1. The van der Waals surface area contributed by atoms with Crippen molar-refractivity contribution >= 4 is 50.7 Å². The second-order valence-corrected chi connectivity index (χ2v) is 14.5. The Kier molecular flexibility index (Phi) is 11.1. The van der Waals surface area contributed by atoms with E-state index in [2.05, 4.69) is 44.7 Å². The van der Waals surface area contributed by atoms with Crippen molar-refractivity contribution in [1.29, 1.82) is 0 Å². The average Bonchev–Trinajstić information content (AvgIpc) is 3.78. The molecular weight excluding hydrogens is 684 g/mol. The van der Waals surface area contributed by atoms with E-state index in [1.54, 1.807) is 28.7 Å². The van der Waals surface area contributed by atoms with E-state index in [1.807, 2.05) is 38.1 Å². The quantitative estimate of drug-likeness (QED) is 0.151. The predicted octanol–water partition coefficient (Wildman–Crippen LogP) is 2.57. The van der Waals surface area contributed by atoms with Gasteiger partial charge >= 0.3 is 5.97 Å². The number of benzene rings is 1. The van der Waals surface area contributed by atoms with Gasteiger partial charge in [-0.15, -0.1) is 18.3 Å². The maximum absolute atomic E-state index is 14.9. The highest BCUT2D eigenvalue weighted by Crippen LogP contribution is 2.61. The van der Waals surface area contributed by atoms with Gasteiger partial charge in [0.15, 0.2) is 0 Å². The van der Waals surface area contributed by atoms with E-state index in [0.29, 0.717) is 24.8 Å². The molecule has 2 bridgehead atoms.